The fourth-order valence-corrected chi connectivity index (χ4v) is 4.36. The molecule has 4 rings (SSSR count). The second-order valence-electron chi connectivity index (χ2n) is 7.73. The molecule has 158 valence electrons. The molecule has 0 saturated heterocycles. The van der Waals surface area contributed by atoms with E-state index in [4.69, 9.17) is 9.72 Å². The zero-order valence-electron chi connectivity index (χ0n) is 18.0. The van der Waals surface area contributed by atoms with Gasteiger partial charge in [0.25, 0.3) is 5.91 Å². The zero-order chi connectivity index (χ0) is 21.8. The maximum atomic E-state index is 12.4. The van der Waals surface area contributed by atoms with E-state index in [0.717, 1.165) is 33.8 Å². The number of carbonyl (C=O) groups is 1. The summed E-state index contributed by atoms with van der Waals surface area (Å²) < 4.78 is 6.82. The van der Waals surface area contributed by atoms with Crippen molar-refractivity contribution in [2.24, 2.45) is 0 Å². The van der Waals surface area contributed by atoms with Gasteiger partial charge in [0, 0.05) is 11.3 Å². The molecule has 1 amide bonds. The minimum atomic E-state index is -0.179. The third-order valence-electron chi connectivity index (χ3n) is 5.47. The molecule has 1 heterocycles. The van der Waals surface area contributed by atoms with Crippen LogP contribution in [0.25, 0.3) is 20.8 Å². The van der Waals surface area contributed by atoms with Gasteiger partial charge in [-0.2, -0.15) is 0 Å². The number of fused-ring (bicyclic) bond motifs is 1. The molecular formula is C26H26N2O2S. The molecule has 4 aromatic rings. The largest absolute Gasteiger partial charge is 0.484 e. The van der Waals surface area contributed by atoms with Crippen molar-refractivity contribution in [1.82, 2.24) is 4.98 Å². The number of anilines is 1. The Balaban J connectivity index is 1.38. The first-order chi connectivity index (χ1) is 15.0. The first-order valence-corrected chi connectivity index (χ1v) is 11.3. The second-order valence-corrected chi connectivity index (χ2v) is 8.76. The van der Waals surface area contributed by atoms with E-state index in [1.54, 1.807) is 11.3 Å². The van der Waals surface area contributed by atoms with Crippen LogP contribution in [0.5, 0.6) is 5.75 Å². The van der Waals surface area contributed by atoms with Crippen molar-refractivity contribution in [1.29, 1.82) is 0 Å². The highest BCUT2D eigenvalue weighted by atomic mass is 32.1. The van der Waals surface area contributed by atoms with Crippen LogP contribution in [-0.4, -0.2) is 17.5 Å². The van der Waals surface area contributed by atoms with E-state index < -0.39 is 0 Å². The van der Waals surface area contributed by atoms with E-state index in [9.17, 15) is 4.79 Å². The lowest BCUT2D eigenvalue weighted by molar-refractivity contribution is -0.118. The first kappa shape index (κ1) is 21.1. The lowest BCUT2D eigenvalue weighted by atomic mass is 9.99. The molecule has 0 aliphatic rings. The Morgan fingerprint density at radius 2 is 1.87 bits per heavy atom. The number of rotatable bonds is 7. The summed E-state index contributed by atoms with van der Waals surface area (Å²) in [7, 11) is 0. The predicted molar refractivity (Wildman–Crippen MR) is 129 cm³/mol. The van der Waals surface area contributed by atoms with Crippen LogP contribution in [-0.2, 0) is 4.79 Å². The van der Waals surface area contributed by atoms with Crippen LogP contribution < -0.4 is 10.1 Å². The van der Waals surface area contributed by atoms with Crippen molar-refractivity contribution in [2.75, 3.05) is 11.9 Å². The molecule has 31 heavy (non-hydrogen) atoms. The molecule has 4 nitrogen and oxygen atoms in total. The molecule has 0 aliphatic carbocycles. The Bertz CT molecular complexity index is 1160. The van der Waals surface area contributed by atoms with Gasteiger partial charge in [-0.25, -0.2) is 4.98 Å². The molecule has 1 N–H and O–H groups in total. The topological polar surface area (TPSA) is 51.2 Å². The van der Waals surface area contributed by atoms with Crippen LogP contribution in [0, 0.1) is 6.92 Å². The smallest absolute Gasteiger partial charge is 0.262 e. The Morgan fingerprint density at radius 3 is 2.58 bits per heavy atom. The number of nitrogens with one attached hydrogen (secondary N) is 1. The van der Waals surface area contributed by atoms with Gasteiger partial charge in [0.2, 0.25) is 0 Å². The van der Waals surface area contributed by atoms with E-state index in [1.807, 2.05) is 49.4 Å². The first-order valence-electron chi connectivity index (χ1n) is 10.5. The number of hydrogen-bond acceptors (Lipinski definition) is 4. The van der Waals surface area contributed by atoms with Crippen LogP contribution in [0.3, 0.4) is 0 Å². The number of thiazole rings is 1. The zero-order valence-corrected chi connectivity index (χ0v) is 18.8. The summed E-state index contributed by atoms with van der Waals surface area (Å²) in [5.41, 5.74) is 5.11. The molecule has 5 heteroatoms. The molecule has 1 unspecified atom stereocenters. The summed E-state index contributed by atoms with van der Waals surface area (Å²) in [6.07, 6.45) is 1.10. The Hall–Kier alpha value is -3.18. The van der Waals surface area contributed by atoms with Gasteiger partial charge in [0.1, 0.15) is 10.8 Å². The number of benzene rings is 3. The van der Waals surface area contributed by atoms with E-state index in [0.29, 0.717) is 11.7 Å². The van der Waals surface area contributed by atoms with Gasteiger partial charge < -0.3 is 10.1 Å². The predicted octanol–water partition coefficient (Wildman–Crippen LogP) is 6.80. The van der Waals surface area contributed by atoms with Gasteiger partial charge >= 0.3 is 0 Å². The van der Waals surface area contributed by atoms with Gasteiger partial charge in [0.15, 0.2) is 6.61 Å². The van der Waals surface area contributed by atoms with Crippen molar-refractivity contribution in [3.05, 3.63) is 77.9 Å². The van der Waals surface area contributed by atoms with E-state index in [-0.39, 0.29) is 12.5 Å². The number of para-hydroxylation sites is 1. The van der Waals surface area contributed by atoms with Crippen molar-refractivity contribution in [3.8, 4) is 16.3 Å². The number of aryl methyl sites for hydroxylation is 1. The average Bonchev–Trinajstić information content (AvgIpc) is 3.23. The van der Waals surface area contributed by atoms with Gasteiger partial charge in [-0.1, -0.05) is 38.1 Å². The normalized spacial score (nSPS) is 12.0. The standard InChI is InChI=1S/C26H26N2O2S/c1-4-17(2)19-9-12-21(13-10-19)30-16-25(29)27-22-14-11-20(15-18(22)3)26-28-23-7-5-6-8-24(23)31-26/h5-15,17H,4,16H2,1-3H3,(H,27,29). The molecule has 3 aromatic carbocycles. The van der Waals surface area contributed by atoms with E-state index >= 15 is 0 Å². The average molecular weight is 431 g/mol. The fourth-order valence-electron chi connectivity index (χ4n) is 3.40. The summed E-state index contributed by atoms with van der Waals surface area (Å²) in [6, 6.07) is 22.1. The molecule has 0 fully saturated rings. The number of carbonyl (C=O) groups excluding carboxylic acids is 1. The van der Waals surface area contributed by atoms with E-state index in [2.05, 4.69) is 43.4 Å². The third-order valence-corrected chi connectivity index (χ3v) is 6.56. The monoisotopic (exact) mass is 430 g/mol. The minimum Gasteiger partial charge on any atom is -0.484 e. The molecule has 0 bridgehead atoms. The summed E-state index contributed by atoms with van der Waals surface area (Å²) >= 11 is 1.67. The minimum absolute atomic E-state index is 0.0261. The van der Waals surface area contributed by atoms with Gasteiger partial charge in [-0.15, -0.1) is 11.3 Å². The highest BCUT2D eigenvalue weighted by molar-refractivity contribution is 7.21. The van der Waals surface area contributed by atoms with Crippen molar-refractivity contribution in [2.45, 2.75) is 33.1 Å². The molecule has 0 aliphatic heterocycles. The number of ether oxygens (including phenoxy) is 1. The Labute approximate surface area is 186 Å². The molecule has 1 atom stereocenters. The number of amides is 1. The fraction of sp³-hybridized carbons (Fsp3) is 0.231. The number of nitrogens with zero attached hydrogens (tertiary/aromatic N) is 1. The van der Waals surface area contributed by atoms with Crippen molar-refractivity contribution < 1.29 is 9.53 Å². The lowest BCUT2D eigenvalue weighted by Gasteiger charge is -2.12. The number of hydrogen-bond donors (Lipinski definition) is 1. The molecule has 0 spiro atoms. The van der Waals surface area contributed by atoms with Crippen molar-refractivity contribution in [3.63, 3.8) is 0 Å². The van der Waals surface area contributed by atoms with Gasteiger partial charge in [0.05, 0.1) is 10.2 Å². The molecular weight excluding hydrogens is 404 g/mol. The summed E-state index contributed by atoms with van der Waals surface area (Å²) in [5.74, 6) is 1.04. The molecule has 1 aromatic heterocycles. The maximum Gasteiger partial charge on any atom is 0.262 e. The van der Waals surface area contributed by atoms with Crippen molar-refractivity contribution >= 4 is 33.1 Å². The molecule has 0 saturated carbocycles. The maximum absolute atomic E-state index is 12.4. The van der Waals surface area contributed by atoms with E-state index in [1.165, 1.54) is 10.3 Å². The van der Waals surface area contributed by atoms with Gasteiger partial charge in [-0.05, 0) is 72.9 Å². The quantitative estimate of drug-likeness (QED) is 0.351. The lowest BCUT2D eigenvalue weighted by Crippen LogP contribution is -2.20. The third kappa shape index (κ3) is 4.94. The SMILES string of the molecule is CCC(C)c1ccc(OCC(=O)Nc2ccc(-c3nc4ccccc4s3)cc2C)cc1. The summed E-state index contributed by atoms with van der Waals surface area (Å²) in [5, 5.41) is 3.92. The summed E-state index contributed by atoms with van der Waals surface area (Å²) in [6.45, 7) is 6.34. The second kappa shape index (κ2) is 9.31. The molecule has 0 radical (unpaired) electrons. The van der Waals surface area contributed by atoms with Crippen LogP contribution >= 0.6 is 11.3 Å². The Kier molecular flexibility index (Phi) is 6.33. The van der Waals surface area contributed by atoms with Crippen LogP contribution in [0.1, 0.15) is 37.3 Å². The number of aromatic nitrogens is 1. The summed E-state index contributed by atoms with van der Waals surface area (Å²) in [4.78, 5) is 17.1. The van der Waals surface area contributed by atoms with Crippen LogP contribution in [0.4, 0.5) is 5.69 Å². The Morgan fingerprint density at radius 1 is 1.10 bits per heavy atom. The van der Waals surface area contributed by atoms with Crippen LogP contribution in [0.15, 0.2) is 66.7 Å². The highest BCUT2D eigenvalue weighted by Gasteiger charge is 2.10. The van der Waals surface area contributed by atoms with Gasteiger partial charge in [-0.3, -0.25) is 4.79 Å². The highest BCUT2D eigenvalue weighted by Crippen LogP contribution is 2.32. The van der Waals surface area contributed by atoms with Crippen LogP contribution in [0.2, 0.25) is 0 Å².